The molecular weight excluding hydrogens is 308 g/mol. The molecule has 4 rings (SSSR count). The van der Waals surface area contributed by atoms with Crippen LogP contribution in [-0.2, 0) is 0 Å². The maximum Gasteiger partial charge on any atom is 0.146 e. The van der Waals surface area contributed by atoms with Crippen molar-refractivity contribution < 1.29 is 0 Å². The fraction of sp³-hybridized carbons (Fsp3) is 0. The summed E-state index contributed by atoms with van der Waals surface area (Å²) < 4.78 is 1.82. The molecule has 4 nitrogen and oxygen atoms in total. The zero-order valence-corrected chi connectivity index (χ0v) is 13.3. The molecule has 1 heterocycles. The monoisotopic (exact) mass is 322 g/mol. The van der Waals surface area contributed by atoms with Crippen molar-refractivity contribution in [3.8, 4) is 23.1 Å². The van der Waals surface area contributed by atoms with Gasteiger partial charge in [-0.1, -0.05) is 42.5 Å². The van der Waals surface area contributed by atoms with Gasteiger partial charge in [-0.2, -0.15) is 5.26 Å². The smallest absolute Gasteiger partial charge is 0.146 e. The zero-order valence-electron chi connectivity index (χ0n) is 13.3. The van der Waals surface area contributed by atoms with E-state index in [4.69, 9.17) is 15.7 Å². The Kier molecular flexibility index (Phi) is 3.60. The van der Waals surface area contributed by atoms with E-state index in [9.17, 15) is 0 Å². The van der Waals surface area contributed by atoms with E-state index in [1.807, 2.05) is 71.3 Å². The molecule has 0 fully saturated rings. The first-order chi connectivity index (χ1) is 12.3. The molecule has 25 heavy (non-hydrogen) atoms. The normalized spacial score (nSPS) is 10.5. The summed E-state index contributed by atoms with van der Waals surface area (Å²) in [4.78, 5) is 4.80. The predicted octanol–water partition coefficient (Wildman–Crippen LogP) is 4.04. The number of hydrogen-bond acceptors (Lipinski definition) is 3. The summed E-state index contributed by atoms with van der Waals surface area (Å²) in [5, 5.41) is 18.5. The summed E-state index contributed by atoms with van der Waals surface area (Å²) in [7, 11) is 0. The quantitative estimate of drug-likeness (QED) is 0.605. The molecule has 0 saturated heterocycles. The molecule has 0 radical (unpaired) electrons. The highest BCUT2D eigenvalue weighted by Gasteiger charge is 2.12. The Hall–Kier alpha value is -3.71. The van der Waals surface area contributed by atoms with Gasteiger partial charge in [-0.05, 0) is 36.4 Å². The Morgan fingerprint density at radius 2 is 1.52 bits per heavy atom. The van der Waals surface area contributed by atoms with Crippen LogP contribution in [0.4, 0.5) is 0 Å². The molecule has 4 heteroatoms. The van der Waals surface area contributed by atoms with Crippen LogP contribution in [0.1, 0.15) is 5.56 Å². The van der Waals surface area contributed by atoms with Crippen molar-refractivity contribution in [2.45, 2.75) is 0 Å². The standard InChI is InChI=1S/C21H14N4/c22-14-15-10-12-17(13-11-15)25-20(23)18-8-4-5-9-19(18)24-21(25)16-6-2-1-3-7-16/h1-13,23H. The van der Waals surface area contributed by atoms with Crippen LogP contribution in [-0.4, -0.2) is 9.55 Å². The Morgan fingerprint density at radius 3 is 2.24 bits per heavy atom. The molecule has 3 aromatic carbocycles. The topological polar surface area (TPSA) is 65.5 Å². The highest BCUT2D eigenvalue weighted by Crippen LogP contribution is 2.22. The third kappa shape index (κ3) is 2.58. The van der Waals surface area contributed by atoms with Gasteiger partial charge in [0.05, 0.1) is 17.1 Å². The number of fused-ring (bicyclic) bond motifs is 1. The lowest BCUT2D eigenvalue weighted by molar-refractivity contribution is 0.922. The molecule has 118 valence electrons. The lowest BCUT2D eigenvalue weighted by Crippen LogP contribution is -2.22. The van der Waals surface area contributed by atoms with Crippen molar-refractivity contribution >= 4 is 10.9 Å². The number of benzene rings is 3. The number of nitriles is 1. The van der Waals surface area contributed by atoms with Crippen molar-refractivity contribution in [1.82, 2.24) is 9.55 Å². The second-order valence-corrected chi connectivity index (χ2v) is 5.66. The van der Waals surface area contributed by atoms with Crippen LogP contribution < -0.4 is 5.49 Å². The molecule has 1 aromatic heterocycles. The van der Waals surface area contributed by atoms with Gasteiger partial charge in [0.2, 0.25) is 0 Å². The molecule has 0 saturated carbocycles. The molecule has 0 aliphatic heterocycles. The Labute approximate surface area is 144 Å². The van der Waals surface area contributed by atoms with E-state index in [-0.39, 0.29) is 0 Å². The van der Waals surface area contributed by atoms with Gasteiger partial charge in [-0.3, -0.25) is 9.98 Å². The van der Waals surface area contributed by atoms with Gasteiger partial charge < -0.3 is 0 Å². The Balaban J connectivity index is 2.08. The summed E-state index contributed by atoms with van der Waals surface area (Å²) in [5.74, 6) is 0.703. The number of hydrogen-bond donors (Lipinski definition) is 1. The summed E-state index contributed by atoms with van der Waals surface area (Å²) in [6.07, 6.45) is 0. The molecule has 0 amide bonds. The molecular formula is C21H14N4. The maximum atomic E-state index is 9.02. The highest BCUT2D eigenvalue weighted by atomic mass is 15.1. The SMILES string of the molecule is N#Cc1ccc(-n2c(-c3ccccc3)nc3ccccc3c2=N)cc1. The van der Waals surface area contributed by atoms with Crippen LogP contribution in [0.5, 0.6) is 0 Å². The van der Waals surface area contributed by atoms with Crippen LogP contribution in [0.2, 0.25) is 0 Å². The first-order valence-corrected chi connectivity index (χ1v) is 7.90. The van der Waals surface area contributed by atoms with E-state index in [0.29, 0.717) is 16.9 Å². The predicted molar refractivity (Wildman–Crippen MR) is 97.1 cm³/mol. The molecule has 0 aliphatic rings. The minimum Gasteiger partial charge on any atom is -0.283 e. The van der Waals surface area contributed by atoms with E-state index in [2.05, 4.69) is 6.07 Å². The molecule has 0 spiro atoms. The number of nitrogens with zero attached hydrogens (tertiary/aromatic N) is 3. The minimum absolute atomic E-state index is 0.370. The van der Waals surface area contributed by atoms with Crippen LogP contribution in [0, 0.1) is 16.7 Å². The van der Waals surface area contributed by atoms with Gasteiger partial charge in [0, 0.05) is 16.6 Å². The van der Waals surface area contributed by atoms with Crippen molar-refractivity contribution in [2.75, 3.05) is 0 Å². The van der Waals surface area contributed by atoms with Crippen LogP contribution >= 0.6 is 0 Å². The largest absolute Gasteiger partial charge is 0.283 e. The van der Waals surface area contributed by atoms with Crippen LogP contribution in [0.3, 0.4) is 0 Å². The summed E-state index contributed by atoms with van der Waals surface area (Å²) in [6.45, 7) is 0. The Bertz CT molecular complexity index is 1150. The highest BCUT2D eigenvalue weighted by molar-refractivity contribution is 5.80. The van der Waals surface area contributed by atoms with Gasteiger partial charge in [-0.15, -0.1) is 0 Å². The van der Waals surface area contributed by atoms with E-state index < -0.39 is 0 Å². The second-order valence-electron chi connectivity index (χ2n) is 5.66. The summed E-state index contributed by atoms with van der Waals surface area (Å²) in [5.41, 5.74) is 3.49. The molecule has 4 aromatic rings. The van der Waals surface area contributed by atoms with Crippen LogP contribution in [0.25, 0.3) is 28.0 Å². The van der Waals surface area contributed by atoms with Gasteiger partial charge >= 0.3 is 0 Å². The molecule has 0 bridgehead atoms. The zero-order chi connectivity index (χ0) is 17.2. The van der Waals surface area contributed by atoms with E-state index in [1.165, 1.54) is 0 Å². The van der Waals surface area contributed by atoms with Gasteiger partial charge in [0.25, 0.3) is 0 Å². The fourth-order valence-electron chi connectivity index (χ4n) is 2.88. The molecule has 1 N–H and O–H groups in total. The van der Waals surface area contributed by atoms with Gasteiger partial charge in [0.1, 0.15) is 11.3 Å². The second kappa shape index (κ2) is 6.06. The number of rotatable bonds is 2. The number of nitrogens with one attached hydrogen (secondary N) is 1. The summed E-state index contributed by atoms with van der Waals surface area (Å²) >= 11 is 0. The van der Waals surface area contributed by atoms with Gasteiger partial charge in [-0.25, -0.2) is 4.98 Å². The first-order valence-electron chi connectivity index (χ1n) is 7.90. The third-order valence-corrected chi connectivity index (χ3v) is 4.11. The van der Waals surface area contributed by atoms with E-state index in [1.54, 1.807) is 12.1 Å². The summed E-state index contributed by atoms with van der Waals surface area (Å²) in [6, 6.07) is 26.8. The molecule has 0 unspecified atom stereocenters. The van der Waals surface area contributed by atoms with Gasteiger partial charge in [0.15, 0.2) is 0 Å². The number of aromatic nitrogens is 2. The van der Waals surface area contributed by atoms with Crippen molar-refractivity contribution in [3.63, 3.8) is 0 Å². The lowest BCUT2D eigenvalue weighted by atomic mass is 10.1. The molecule has 0 aliphatic carbocycles. The first kappa shape index (κ1) is 14.9. The fourth-order valence-corrected chi connectivity index (χ4v) is 2.88. The van der Waals surface area contributed by atoms with Crippen LogP contribution in [0.15, 0.2) is 78.9 Å². The average molecular weight is 322 g/mol. The third-order valence-electron chi connectivity index (χ3n) is 4.11. The average Bonchev–Trinajstić information content (AvgIpc) is 2.69. The maximum absolute atomic E-state index is 9.02. The van der Waals surface area contributed by atoms with Crippen molar-refractivity contribution in [2.24, 2.45) is 0 Å². The minimum atomic E-state index is 0.370. The van der Waals surface area contributed by atoms with Crippen molar-refractivity contribution in [1.29, 1.82) is 10.7 Å². The number of para-hydroxylation sites is 1. The van der Waals surface area contributed by atoms with Crippen molar-refractivity contribution in [3.05, 3.63) is 89.9 Å². The lowest BCUT2D eigenvalue weighted by Gasteiger charge is -2.15. The Morgan fingerprint density at radius 1 is 0.840 bits per heavy atom. The van der Waals surface area contributed by atoms with E-state index >= 15 is 0 Å². The van der Waals surface area contributed by atoms with E-state index in [0.717, 1.165) is 22.2 Å². The molecule has 0 atom stereocenters.